The van der Waals surface area contributed by atoms with E-state index in [0.717, 1.165) is 26.2 Å². The molecule has 1 aromatic rings. The third-order valence-corrected chi connectivity index (χ3v) is 2.91. The van der Waals surface area contributed by atoms with E-state index in [1.165, 1.54) is 5.56 Å². The Labute approximate surface area is 116 Å². The van der Waals surface area contributed by atoms with Crippen molar-refractivity contribution < 1.29 is 0 Å². The lowest BCUT2D eigenvalue weighted by Gasteiger charge is -2.25. The summed E-state index contributed by atoms with van der Waals surface area (Å²) in [5.41, 5.74) is 1.22. The van der Waals surface area contributed by atoms with Crippen molar-refractivity contribution in [2.45, 2.75) is 20.4 Å². The highest BCUT2D eigenvalue weighted by molar-refractivity contribution is 6.29. The quantitative estimate of drug-likeness (QED) is 0.710. The second kappa shape index (κ2) is 7.72. The lowest BCUT2D eigenvalue weighted by molar-refractivity contribution is 0.211. The van der Waals surface area contributed by atoms with Gasteiger partial charge < -0.3 is 4.90 Å². The maximum absolute atomic E-state index is 5.80. The van der Waals surface area contributed by atoms with Crippen LogP contribution in [0.4, 0.5) is 0 Å². The van der Waals surface area contributed by atoms with Crippen LogP contribution in [0.25, 0.3) is 0 Å². The Balaban J connectivity index is 2.56. The molecule has 102 valence electrons. The van der Waals surface area contributed by atoms with Gasteiger partial charge in [0.05, 0.1) is 0 Å². The summed E-state index contributed by atoms with van der Waals surface area (Å²) >= 11 is 5.80. The average molecular weight is 270 g/mol. The number of rotatable bonds is 7. The second-order valence-electron chi connectivity index (χ2n) is 5.42. The van der Waals surface area contributed by atoms with Gasteiger partial charge in [-0.3, -0.25) is 4.90 Å². The fourth-order valence-electron chi connectivity index (χ4n) is 1.85. The molecule has 0 bridgehead atoms. The van der Waals surface area contributed by atoms with E-state index in [1.54, 1.807) is 0 Å². The third kappa shape index (κ3) is 6.34. The van der Waals surface area contributed by atoms with Crippen LogP contribution in [0.5, 0.6) is 0 Å². The number of hydrogen-bond acceptors (Lipinski definition) is 3. The highest BCUT2D eigenvalue weighted by atomic mass is 35.5. The van der Waals surface area contributed by atoms with Crippen molar-refractivity contribution in [3.8, 4) is 0 Å². The van der Waals surface area contributed by atoms with E-state index in [1.807, 2.05) is 12.3 Å². The first-order chi connectivity index (χ1) is 8.47. The van der Waals surface area contributed by atoms with Gasteiger partial charge in [0.25, 0.3) is 0 Å². The zero-order valence-corrected chi connectivity index (χ0v) is 12.6. The van der Waals surface area contributed by atoms with Crippen molar-refractivity contribution in [1.29, 1.82) is 0 Å². The summed E-state index contributed by atoms with van der Waals surface area (Å²) in [6, 6.07) is 3.91. The molecule has 1 heterocycles. The summed E-state index contributed by atoms with van der Waals surface area (Å²) in [5.74, 6) is 0.674. The maximum Gasteiger partial charge on any atom is 0.129 e. The molecular formula is C14H24ClN3. The van der Waals surface area contributed by atoms with Gasteiger partial charge in [0.2, 0.25) is 0 Å². The van der Waals surface area contributed by atoms with Crippen LogP contribution in [-0.4, -0.2) is 48.5 Å². The minimum Gasteiger partial charge on any atom is -0.308 e. The van der Waals surface area contributed by atoms with Crippen LogP contribution in [0.1, 0.15) is 19.4 Å². The number of hydrogen-bond donors (Lipinski definition) is 0. The molecule has 3 nitrogen and oxygen atoms in total. The summed E-state index contributed by atoms with van der Waals surface area (Å²) in [5, 5.41) is 0.558. The summed E-state index contributed by atoms with van der Waals surface area (Å²) < 4.78 is 0. The minimum absolute atomic E-state index is 0.558. The van der Waals surface area contributed by atoms with Gasteiger partial charge in [-0.05, 0) is 31.6 Å². The summed E-state index contributed by atoms with van der Waals surface area (Å²) in [4.78, 5) is 8.82. The molecule has 0 aliphatic rings. The van der Waals surface area contributed by atoms with Gasteiger partial charge in [0.1, 0.15) is 5.15 Å². The van der Waals surface area contributed by atoms with E-state index >= 15 is 0 Å². The van der Waals surface area contributed by atoms with Gasteiger partial charge in [-0.1, -0.05) is 31.5 Å². The molecule has 0 aliphatic heterocycles. The monoisotopic (exact) mass is 269 g/mol. The lowest BCUT2D eigenvalue weighted by Crippen LogP contribution is -2.34. The second-order valence-corrected chi connectivity index (χ2v) is 5.81. The van der Waals surface area contributed by atoms with Crippen molar-refractivity contribution in [3.05, 3.63) is 29.0 Å². The standard InChI is InChI=1S/C14H24ClN3/c1-12(2)10-18(8-7-17(3)4)11-13-5-6-14(15)16-9-13/h5-6,9,12H,7-8,10-11H2,1-4H3. The van der Waals surface area contributed by atoms with Gasteiger partial charge >= 0.3 is 0 Å². The smallest absolute Gasteiger partial charge is 0.129 e. The van der Waals surface area contributed by atoms with Crippen LogP contribution < -0.4 is 0 Å². The number of halogens is 1. The van der Waals surface area contributed by atoms with Crippen LogP contribution in [0.3, 0.4) is 0 Å². The molecule has 0 aliphatic carbocycles. The normalized spacial score (nSPS) is 11.8. The first-order valence-corrected chi connectivity index (χ1v) is 6.82. The Morgan fingerprint density at radius 1 is 1.22 bits per heavy atom. The SMILES string of the molecule is CC(C)CN(CCN(C)C)Cc1ccc(Cl)nc1. The van der Waals surface area contributed by atoms with Crippen molar-refractivity contribution in [2.75, 3.05) is 33.7 Å². The molecule has 4 heteroatoms. The van der Waals surface area contributed by atoms with E-state index in [4.69, 9.17) is 11.6 Å². The van der Waals surface area contributed by atoms with E-state index < -0.39 is 0 Å². The van der Waals surface area contributed by atoms with Gasteiger partial charge in [-0.2, -0.15) is 0 Å². The third-order valence-electron chi connectivity index (χ3n) is 2.68. The molecule has 18 heavy (non-hydrogen) atoms. The lowest BCUT2D eigenvalue weighted by atomic mass is 10.2. The molecule has 0 saturated carbocycles. The molecule has 0 N–H and O–H groups in total. The zero-order valence-electron chi connectivity index (χ0n) is 11.9. The van der Waals surface area contributed by atoms with Crippen molar-refractivity contribution in [1.82, 2.24) is 14.8 Å². The highest BCUT2D eigenvalue weighted by Crippen LogP contribution is 2.09. The summed E-state index contributed by atoms with van der Waals surface area (Å²) in [6.45, 7) is 8.71. The Morgan fingerprint density at radius 3 is 2.44 bits per heavy atom. The van der Waals surface area contributed by atoms with Crippen LogP contribution >= 0.6 is 11.6 Å². The molecule has 0 unspecified atom stereocenters. The fraction of sp³-hybridized carbons (Fsp3) is 0.643. The van der Waals surface area contributed by atoms with Crippen LogP contribution in [0, 0.1) is 5.92 Å². The van der Waals surface area contributed by atoms with Crippen LogP contribution in [-0.2, 0) is 6.54 Å². The number of nitrogens with zero attached hydrogens (tertiary/aromatic N) is 3. The van der Waals surface area contributed by atoms with Gasteiger partial charge in [-0.15, -0.1) is 0 Å². The van der Waals surface area contributed by atoms with Gasteiger partial charge in [0, 0.05) is 32.4 Å². The van der Waals surface area contributed by atoms with Gasteiger partial charge in [-0.25, -0.2) is 4.98 Å². The fourth-order valence-corrected chi connectivity index (χ4v) is 1.96. The van der Waals surface area contributed by atoms with E-state index in [-0.39, 0.29) is 0 Å². The van der Waals surface area contributed by atoms with Crippen LogP contribution in [0.15, 0.2) is 18.3 Å². The molecule has 1 rings (SSSR count). The van der Waals surface area contributed by atoms with Crippen LogP contribution in [0.2, 0.25) is 5.15 Å². The van der Waals surface area contributed by atoms with E-state index in [0.29, 0.717) is 11.1 Å². The molecule has 0 fully saturated rings. The Kier molecular flexibility index (Phi) is 6.61. The van der Waals surface area contributed by atoms with Crippen molar-refractivity contribution in [3.63, 3.8) is 0 Å². The first-order valence-electron chi connectivity index (χ1n) is 6.45. The molecule has 0 amide bonds. The molecular weight excluding hydrogens is 246 g/mol. The average Bonchev–Trinajstić information content (AvgIpc) is 2.28. The van der Waals surface area contributed by atoms with Crippen molar-refractivity contribution >= 4 is 11.6 Å². The first kappa shape index (κ1) is 15.4. The molecule has 0 saturated heterocycles. The molecule has 1 aromatic heterocycles. The molecule has 0 spiro atoms. The van der Waals surface area contributed by atoms with Crippen molar-refractivity contribution in [2.24, 2.45) is 5.92 Å². The Bertz CT molecular complexity index is 335. The molecule has 0 radical (unpaired) electrons. The largest absolute Gasteiger partial charge is 0.308 e. The predicted molar refractivity (Wildman–Crippen MR) is 77.9 cm³/mol. The Hall–Kier alpha value is -0.640. The number of aromatic nitrogens is 1. The highest BCUT2D eigenvalue weighted by Gasteiger charge is 2.09. The minimum atomic E-state index is 0.558. The number of pyridine rings is 1. The zero-order chi connectivity index (χ0) is 13.5. The predicted octanol–water partition coefficient (Wildman–Crippen LogP) is 2.75. The topological polar surface area (TPSA) is 19.4 Å². The molecule has 0 atom stereocenters. The van der Waals surface area contributed by atoms with E-state index in [9.17, 15) is 0 Å². The summed E-state index contributed by atoms with van der Waals surface area (Å²) in [7, 11) is 4.22. The Morgan fingerprint density at radius 2 is 1.94 bits per heavy atom. The number of likely N-dealkylation sites (N-methyl/N-ethyl adjacent to an activating group) is 1. The maximum atomic E-state index is 5.80. The molecule has 0 aromatic carbocycles. The van der Waals surface area contributed by atoms with E-state index in [2.05, 4.69) is 48.8 Å². The summed E-state index contributed by atoms with van der Waals surface area (Å²) in [6.07, 6.45) is 1.87. The van der Waals surface area contributed by atoms with Gasteiger partial charge in [0.15, 0.2) is 0 Å².